The Morgan fingerprint density at radius 1 is 1.30 bits per heavy atom. The Balaban J connectivity index is 5.27. The second kappa shape index (κ2) is 6.93. The highest BCUT2D eigenvalue weighted by molar-refractivity contribution is 5.90. The lowest BCUT2D eigenvalue weighted by atomic mass is 9.91. The minimum Gasteiger partial charge on any atom is -0.481 e. The summed E-state index contributed by atoms with van der Waals surface area (Å²) in [6.45, 7) is 8.41. The number of rotatable bonds is 6. The van der Waals surface area contributed by atoms with E-state index < -0.39 is 35.6 Å². The van der Waals surface area contributed by atoms with Crippen LogP contribution < -0.4 is 5.32 Å². The van der Waals surface area contributed by atoms with E-state index in [9.17, 15) is 14.4 Å². The van der Waals surface area contributed by atoms with Crippen molar-refractivity contribution >= 4 is 18.0 Å². The van der Waals surface area contributed by atoms with Crippen LogP contribution in [0.4, 0.5) is 4.79 Å². The Kier molecular flexibility index (Phi) is 6.22. The van der Waals surface area contributed by atoms with Gasteiger partial charge in [0.15, 0.2) is 5.54 Å². The predicted octanol–water partition coefficient (Wildman–Crippen LogP) is 1.47. The van der Waals surface area contributed by atoms with Gasteiger partial charge in [-0.2, -0.15) is 0 Å². The van der Waals surface area contributed by atoms with Gasteiger partial charge in [-0.25, -0.2) is 9.59 Å². The number of hydrogen-bond donors (Lipinski definition) is 2. The number of carbonyl (C=O) groups is 3. The van der Waals surface area contributed by atoms with Crippen LogP contribution in [0.5, 0.6) is 0 Å². The molecule has 0 aromatic carbocycles. The van der Waals surface area contributed by atoms with Crippen LogP contribution in [0.3, 0.4) is 0 Å². The Morgan fingerprint density at radius 2 is 1.85 bits per heavy atom. The normalized spacial score (nSPS) is 13.8. The van der Waals surface area contributed by atoms with Gasteiger partial charge in [0.05, 0.1) is 13.5 Å². The fraction of sp³-hybridized carbons (Fsp3) is 0.615. The van der Waals surface area contributed by atoms with Gasteiger partial charge in [0.2, 0.25) is 0 Å². The molecule has 2 N–H and O–H groups in total. The van der Waals surface area contributed by atoms with Crippen molar-refractivity contribution < 1.29 is 29.0 Å². The molecule has 0 saturated carbocycles. The molecule has 0 saturated heterocycles. The van der Waals surface area contributed by atoms with Crippen molar-refractivity contribution in [1.82, 2.24) is 5.32 Å². The second-order valence-corrected chi connectivity index (χ2v) is 5.26. The Hall–Kier alpha value is -2.05. The standard InChI is InChI=1S/C13H21NO6/c1-6-7-13(8-9(15)16,10(17)19-5)14-11(18)20-12(2,3)4/h6H,1,7-8H2,2-5H3,(H,14,18)(H,15,16). The maximum Gasteiger partial charge on any atom is 0.408 e. The van der Waals surface area contributed by atoms with Crippen molar-refractivity contribution in [3.8, 4) is 0 Å². The quantitative estimate of drug-likeness (QED) is 0.566. The van der Waals surface area contributed by atoms with Crippen molar-refractivity contribution in [3.05, 3.63) is 12.7 Å². The Morgan fingerprint density at radius 3 is 2.20 bits per heavy atom. The van der Waals surface area contributed by atoms with Crippen LogP contribution >= 0.6 is 0 Å². The first-order valence-electron chi connectivity index (χ1n) is 5.98. The van der Waals surface area contributed by atoms with Crippen molar-refractivity contribution in [1.29, 1.82) is 0 Å². The van der Waals surface area contributed by atoms with Gasteiger partial charge in [0.25, 0.3) is 0 Å². The molecule has 0 aliphatic heterocycles. The van der Waals surface area contributed by atoms with Crippen LogP contribution in [0.25, 0.3) is 0 Å². The van der Waals surface area contributed by atoms with E-state index in [0.717, 1.165) is 7.11 Å². The zero-order valence-corrected chi connectivity index (χ0v) is 12.2. The average molecular weight is 287 g/mol. The number of methoxy groups -OCH3 is 1. The number of carbonyl (C=O) groups excluding carboxylic acids is 2. The maximum atomic E-state index is 11.9. The molecule has 20 heavy (non-hydrogen) atoms. The molecule has 7 nitrogen and oxygen atoms in total. The molecular formula is C13H21NO6. The largest absolute Gasteiger partial charge is 0.481 e. The minimum atomic E-state index is -1.73. The zero-order chi connectivity index (χ0) is 16.0. The lowest BCUT2D eigenvalue weighted by molar-refractivity contribution is -0.153. The first-order chi connectivity index (χ1) is 9.06. The van der Waals surface area contributed by atoms with Crippen molar-refractivity contribution in [2.75, 3.05) is 7.11 Å². The Labute approximate surface area is 117 Å². The van der Waals surface area contributed by atoms with Gasteiger partial charge < -0.3 is 19.9 Å². The van der Waals surface area contributed by atoms with Crippen LogP contribution in [0.15, 0.2) is 12.7 Å². The number of amides is 1. The van der Waals surface area contributed by atoms with E-state index >= 15 is 0 Å². The summed E-state index contributed by atoms with van der Waals surface area (Å²) < 4.78 is 9.61. The van der Waals surface area contributed by atoms with Crippen molar-refractivity contribution in [2.45, 2.75) is 44.8 Å². The summed E-state index contributed by atoms with van der Waals surface area (Å²) >= 11 is 0. The molecule has 0 heterocycles. The van der Waals surface area contributed by atoms with Crippen molar-refractivity contribution in [3.63, 3.8) is 0 Å². The summed E-state index contributed by atoms with van der Waals surface area (Å²) in [5.74, 6) is -2.13. The van der Waals surface area contributed by atoms with E-state index in [1.165, 1.54) is 6.08 Å². The van der Waals surface area contributed by atoms with Crippen LogP contribution in [-0.2, 0) is 19.1 Å². The summed E-state index contributed by atoms with van der Waals surface area (Å²) in [6.07, 6.45) is -0.293. The smallest absolute Gasteiger partial charge is 0.408 e. The van der Waals surface area contributed by atoms with Crippen LogP contribution in [0.2, 0.25) is 0 Å². The molecule has 7 heteroatoms. The van der Waals surface area contributed by atoms with E-state index in [4.69, 9.17) is 9.84 Å². The van der Waals surface area contributed by atoms with E-state index in [-0.39, 0.29) is 6.42 Å². The first-order valence-corrected chi connectivity index (χ1v) is 5.98. The average Bonchev–Trinajstić information content (AvgIpc) is 2.24. The molecule has 0 radical (unpaired) electrons. The van der Waals surface area contributed by atoms with Gasteiger partial charge >= 0.3 is 18.0 Å². The van der Waals surface area contributed by atoms with E-state index in [1.807, 2.05) is 0 Å². The Bertz CT molecular complexity index is 398. The molecule has 1 atom stereocenters. The fourth-order valence-electron chi connectivity index (χ4n) is 1.57. The molecule has 0 fully saturated rings. The molecule has 0 aromatic rings. The highest BCUT2D eigenvalue weighted by Gasteiger charge is 2.43. The molecule has 114 valence electrons. The summed E-state index contributed by atoms with van der Waals surface area (Å²) in [5.41, 5.74) is -2.51. The van der Waals surface area contributed by atoms with Gasteiger partial charge in [0.1, 0.15) is 5.60 Å². The van der Waals surface area contributed by atoms with Gasteiger partial charge in [-0.3, -0.25) is 4.79 Å². The summed E-state index contributed by atoms with van der Waals surface area (Å²) in [6, 6.07) is 0. The lowest BCUT2D eigenvalue weighted by Gasteiger charge is -2.30. The van der Waals surface area contributed by atoms with E-state index in [0.29, 0.717) is 0 Å². The molecule has 1 unspecified atom stereocenters. The number of ether oxygens (including phenoxy) is 2. The predicted molar refractivity (Wildman–Crippen MR) is 71.2 cm³/mol. The number of carboxylic acid groups (broad SMARTS) is 1. The van der Waals surface area contributed by atoms with Gasteiger partial charge in [-0.15, -0.1) is 6.58 Å². The third-order valence-electron chi connectivity index (χ3n) is 2.26. The third kappa shape index (κ3) is 5.73. The van der Waals surface area contributed by atoms with E-state index in [1.54, 1.807) is 20.8 Å². The van der Waals surface area contributed by atoms with E-state index in [2.05, 4.69) is 16.6 Å². The second-order valence-electron chi connectivity index (χ2n) is 5.26. The molecule has 0 bridgehead atoms. The molecule has 0 aliphatic rings. The molecule has 0 aromatic heterocycles. The van der Waals surface area contributed by atoms with Gasteiger partial charge in [0, 0.05) is 0 Å². The van der Waals surface area contributed by atoms with Crippen molar-refractivity contribution in [2.24, 2.45) is 0 Å². The molecule has 0 spiro atoms. The van der Waals surface area contributed by atoms with Gasteiger partial charge in [-0.05, 0) is 27.2 Å². The number of nitrogens with one attached hydrogen (secondary N) is 1. The monoisotopic (exact) mass is 287 g/mol. The number of aliphatic carboxylic acids is 1. The number of hydrogen-bond acceptors (Lipinski definition) is 5. The van der Waals surface area contributed by atoms with Crippen LogP contribution in [-0.4, -0.2) is 41.4 Å². The zero-order valence-electron chi connectivity index (χ0n) is 12.2. The minimum absolute atomic E-state index is 0.0920. The van der Waals surface area contributed by atoms with Crippen LogP contribution in [0, 0.1) is 0 Å². The lowest BCUT2D eigenvalue weighted by Crippen LogP contribution is -2.57. The maximum absolute atomic E-state index is 11.9. The summed E-state index contributed by atoms with van der Waals surface area (Å²) in [4.78, 5) is 34.6. The van der Waals surface area contributed by atoms with Gasteiger partial charge in [-0.1, -0.05) is 6.08 Å². The number of carboxylic acids is 1. The number of esters is 1. The number of alkyl carbamates (subject to hydrolysis) is 1. The third-order valence-corrected chi connectivity index (χ3v) is 2.26. The molecule has 0 aliphatic carbocycles. The topological polar surface area (TPSA) is 102 Å². The molecule has 1 amide bonds. The summed E-state index contributed by atoms with van der Waals surface area (Å²) in [5, 5.41) is 11.2. The molecule has 0 rings (SSSR count). The molecular weight excluding hydrogens is 266 g/mol. The SMILES string of the molecule is C=CCC(CC(=O)O)(NC(=O)OC(C)(C)C)C(=O)OC. The fourth-order valence-corrected chi connectivity index (χ4v) is 1.57. The van der Waals surface area contributed by atoms with Crippen LogP contribution in [0.1, 0.15) is 33.6 Å². The first kappa shape index (κ1) is 17.9. The highest BCUT2D eigenvalue weighted by atomic mass is 16.6. The highest BCUT2D eigenvalue weighted by Crippen LogP contribution is 2.20. The summed E-state index contributed by atoms with van der Waals surface area (Å²) in [7, 11) is 1.11.